The maximum atomic E-state index is 11.9. The molecule has 0 unspecified atom stereocenters. The maximum Gasteiger partial charge on any atom is 0.240 e. The van der Waals surface area contributed by atoms with Crippen LogP contribution in [0.25, 0.3) is 0 Å². The Morgan fingerprint density at radius 3 is 2.71 bits per heavy atom. The Balaban J connectivity index is 3.06. The van der Waals surface area contributed by atoms with Crippen molar-refractivity contribution in [2.75, 3.05) is 19.0 Å². The number of sulfonamides is 1. The minimum Gasteiger partial charge on any atom is -0.398 e. The van der Waals surface area contributed by atoms with Crippen molar-refractivity contribution in [2.24, 2.45) is 0 Å². The van der Waals surface area contributed by atoms with Crippen LogP contribution in [0.15, 0.2) is 17.0 Å². The predicted octanol–water partition coefficient (Wildman–Crippen LogP) is 1.87. The Kier molecular flexibility index (Phi) is 4.73. The van der Waals surface area contributed by atoms with Crippen LogP contribution in [0.3, 0.4) is 0 Å². The van der Waals surface area contributed by atoms with E-state index in [1.807, 2.05) is 0 Å². The first kappa shape index (κ1) is 14.2. The largest absolute Gasteiger partial charge is 0.398 e. The average molecular weight is 281 g/mol. The van der Waals surface area contributed by atoms with Gasteiger partial charge < -0.3 is 5.73 Å². The van der Waals surface area contributed by atoms with Crippen LogP contribution in [0.5, 0.6) is 0 Å². The number of nitrogens with one attached hydrogen (secondary N) is 1. The zero-order valence-electron chi connectivity index (χ0n) is 9.33. The normalized spacial score (nSPS) is 11.7. The van der Waals surface area contributed by atoms with Gasteiger partial charge in [-0.25, -0.2) is 13.1 Å². The van der Waals surface area contributed by atoms with Crippen LogP contribution in [0.2, 0.25) is 5.02 Å². The van der Waals surface area contributed by atoms with Gasteiger partial charge in [-0.2, -0.15) is 0 Å². The highest BCUT2D eigenvalue weighted by Gasteiger charge is 2.18. The van der Waals surface area contributed by atoms with Gasteiger partial charge >= 0.3 is 0 Å². The Labute approximate surface area is 105 Å². The summed E-state index contributed by atoms with van der Waals surface area (Å²) < 4.78 is 38.0. The molecular formula is C10H14ClFN2O2S. The molecule has 0 aliphatic heterocycles. The molecule has 3 N–H and O–H groups in total. The first-order valence-electron chi connectivity index (χ1n) is 4.99. The summed E-state index contributed by atoms with van der Waals surface area (Å²) in [6.07, 6.45) is 0.133. The smallest absolute Gasteiger partial charge is 0.240 e. The molecule has 0 spiro atoms. The SMILES string of the molecule is Cc1c(N)cc(Cl)cc1S(=O)(=O)NCCCF. The van der Waals surface area contributed by atoms with Crippen LogP contribution in [0.1, 0.15) is 12.0 Å². The molecule has 4 nitrogen and oxygen atoms in total. The Morgan fingerprint density at radius 2 is 2.12 bits per heavy atom. The summed E-state index contributed by atoms with van der Waals surface area (Å²) in [6, 6.07) is 2.81. The molecule has 1 aromatic rings. The van der Waals surface area contributed by atoms with Gasteiger partial charge in [0.1, 0.15) is 0 Å². The van der Waals surface area contributed by atoms with Crippen LogP contribution in [-0.2, 0) is 10.0 Å². The van der Waals surface area contributed by atoms with Crippen molar-refractivity contribution < 1.29 is 12.8 Å². The number of benzene rings is 1. The number of hydrogen-bond donors (Lipinski definition) is 2. The van der Waals surface area contributed by atoms with Crippen molar-refractivity contribution in [3.63, 3.8) is 0 Å². The molecule has 0 radical (unpaired) electrons. The summed E-state index contributed by atoms with van der Waals surface area (Å²) in [4.78, 5) is 0.0290. The summed E-state index contributed by atoms with van der Waals surface area (Å²) in [5.74, 6) is 0. The number of nitrogen functional groups attached to an aromatic ring is 1. The van der Waals surface area contributed by atoms with Crippen LogP contribution in [0.4, 0.5) is 10.1 Å². The molecule has 0 bridgehead atoms. The van der Waals surface area contributed by atoms with Crippen molar-refractivity contribution >= 4 is 27.3 Å². The summed E-state index contributed by atoms with van der Waals surface area (Å²) in [6.45, 7) is 1.07. The molecule has 0 fully saturated rings. The number of halogens is 2. The van der Waals surface area contributed by atoms with E-state index in [0.717, 1.165) is 0 Å². The minimum absolute atomic E-state index is 0.0290. The van der Waals surface area contributed by atoms with Crippen molar-refractivity contribution in [2.45, 2.75) is 18.2 Å². The highest BCUT2D eigenvalue weighted by molar-refractivity contribution is 7.89. The third-order valence-corrected chi connectivity index (χ3v) is 4.06. The molecule has 0 saturated heterocycles. The van der Waals surface area contributed by atoms with Crippen LogP contribution in [-0.4, -0.2) is 21.6 Å². The van der Waals surface area contributed by atoms with E-state index in [2.05, 4.69) is 4.72 Å². The lowest BCUT2D eigenvalue weighted by molar-refractivity contribution is 0.470. The molecule has 0 atom stereocenters. The van der Waals surface area contributed by atoms with Gasteiger partial charge in [0.15, 0.2) is 0 Å². The molecule has 0 amide bonds. The summed E-state index contributed by atoms with van der Waals surface area (Å²) >= 11 is 5.76. The van der Waals surface area contributed by atoms with E-state index < -0.39 is 16.7 Å². The first-order chi connectivity index (χ1) is 7.88. The van der Waals surface area contributed by atoms with Crippen molar-refractivity contribution in [1.82, 2.24) is 4.72 Å². The molecule has 0 saturated carbocycles. The molecule has 7 heteroatoms. The fourth-order valence-corrected chi connectivity index (χ4v) is 2.97. The van der Waals surface area contributed by atoms with Gasteiger partial charge in [0, 0.05) is 17.3 Å². The molecule has 0 aromatic heterocycles. The second kappa shape index (κ2) is 5.66. The summed E-state index contributed by atoms with van der Waals surface area (Å²) in [5, 5.41) is 0.249. The van der Waals surface area contributed by atoms with E-state index in [4.69, 9.17) is 17.3 Å². The lowest BCUT2D eigenvalue weighted by atomic mass is 10.2. The zero-order chi connectivity index (χ0) is 13.1. The summed E-state index contributed by atoms with van der Waals surface area (Å²) in [7, 11) is -3.69. The van der Waals surface area contributed by atoms with E-state index in [0.29, 0.717) is 11.3 Å². The average Bonchev–Trinajstić information content (AvgIpc) is 2.23. The van der Waals surface area contributed by atoms with Crippen LogP contribution < -0.4 is 10.5 Å². The van der Waals surface area contributed by atoms with Gasteiger partial charge in [-0.15, -0.1) is 0 Å². The monoisotopic (exact) mass is 280 g/mol. The molecule has 0 aliphatic carbocycles. The molecule has 0 heterocycles. The predicted molar refractivity (Wildman–Crippen MR) is 66.4 cm³/mol. The van der Waals surface area contributed by atoms with Gasteiger partial charge in [0.2, 0.25) is 10.0 Å². The van der Waals surface area contributed by atoms with E-state index >= 15 is 0 Å². The molecule has 0 aliphatic rings. The van der Waals surface area contributed by atoms with Crippen molar-refractivity contribution in [3.05, 3.63) is 22.7 Å². The fourth-order valence-electron chi connectivity index (χ4n) is 1.30. The van der Waals surface area contributed by atoms with E-state index in [1.165, 1.54) is 12.1 Å². The zero-order valence-corrected chi connectivity index (χ0v) is 10.9. The van der Waals surface area contributed by atoms with E-state index in [-0.39, 0.29) is 22.9 Å². The minimum atomic E-state index is -3.69. The lowest BCUT2D eigenvalue weighted by Crippen LogP contribution is -2.26. The van der Waals surface area contributed by atoms with Crippen LogP contribution in [0, 0.1) is 6.92 Å². The van der Waals surface area contributed by atoms with Gasteiger partial charge in [0.25, 0.3) is 0 Å². The molecule has 1 rings (SSSR count). The lowest BCUT2D eigenvalue weighted by Gasteiger charge is -2.11. The highest BCUT2D eigenvalue weighted by Crippen LogP contribution is 2.25. The Bertz CT molecular complexity index is 505. The molecular weight excluding hydrogens is 267 g/mol. The number of rotatable bonds is 5. The number of nitrogens with two attached hydrogens (primary N) is 1. The number of alkyl halides is 1. The van der Waals surface area contributed by atoms with E-state index in [1.54, 1.807) is 6.92 Å². The van der Waals surface area contributed by atoms with Gasteiger partial charge in [-0.1, -0.05) is 11.6 Å². The Hall–Kier alpha value is -0.850. The maximum absolute atomic E-state index is 11.9. The van der Waals surface area contributed by atoms with Gasteiger partial charge in [0.05, 0.1) is 11.6 Å². The summed E-state index contributed by atoms with van der Waals surface area (Å²) in [5.41, 5.74) is 6.38. The van der Waals surface area contributed by atoms with Crippen molar-refractivity contribution in [3.8, 4) is 0 Å². The molecule has 17 heavy (non-hydrogen) atoms. The highest BCUT2D eigenvalue weighted by atomic mass is 35.5. The molecule has 1 aromatic carbocycles. The third kappa shape index (κ3) is 3.55. The number of anilines is 1. The fraction of sp³-hybridized carbons (Fsp3) is 0.400. The first-order valence-corrected chi connectivity index (χ1v) is 6.86. The standard InChI is InChI=1S/C10H14ClFN2O2S/c1-7-9(13)5-8(11)6-10(7)17(15,16)14-4-2-3-12/h5-6,14H,2-4,13H2,1H3. The quantitative estimate of drug-likeness (QED) is 0.639. The van der Waals surface area contributed by atoms with E-state index in [9.17, 15) is 12.8 Å². The van der Waals surface area contributed by atoms with Gasteiger partial charge in [-0.05, 0) is 31.0 Å². The van der Waals surface area contributed by atoms with Crippen molar-refractivity contribution in [1.29, 1.82) is 0 Å². The Morgan fingerprint density at radius 1 is 1.47 bits per heavy atom. The number of hydrogen-bond acceptors (Lipinski definition) is 3. The topological polar surface area (TPSA) is 72.2 Å². The molecule has 96 valence electrons. The van der Waals surface area contributed by atoms with Gasteiger partial charge in [-0.3, -0.25) is 4.39 Å². The third-order valence-electron chi connectivity index (χ3n) is 2.26. The second-order valence-corrected chi connectivity index (χ2v) is 5.73. The van der Waals surface area contributed by atoms with Crippen LogP contribution >= 0.6 is 11.6 Å². The second-order valence-electron chi connectivity index (χ2n) is 3.56.